The molecule has 0 spiro atoms. The summed E-state index contributed by atoms with van der Waals surface area (Å²) in [5.74, 6) is 1.29. The van der Waals surface area contributed by atoms with Gasteiger partial charge in [-0.05, 0) is 49.6 Å². The van der Waals surface area contributed by atoms with Gasteiger partial charge in [0.15, 0.2) is 0 Å². The fourth-order valence-corrected chi connectivity index (χ4v) is 4.99. The van der Waals surface area contributed by atoms with E-state index in [1.54, 1.807) is 48.8 Å². The van der Waals surface area contributed by atoms with Crippen LogP contribution in [-0.4, -0.2) is 66.8 Å². The fourth-order valence-electron chi connectivity index (χ4n) is 4.99. The zero-order valence-corrected chi connectivity index (χ0v) is 24.2. The average Bonchev–Trinajstić information content (AvgIpc) is 3.48. The summed E-state index contributed by atoms with van der Waals surface area (Å²) in [6.45, 7) is 6.76. The smallest absolute Gasteiger partial charge is 0.253 e. The van der Waals surface area contributed by atoms with Crippen molar-refractivity contribution in [3.05, 3.63) is 85.4 Å². The molecule has 6 rings (SSSR count). The van der Waals surface area contributed by atoms with Crippen molar-refractivity contribution in [2.45, 2.75) is 25.8 Å². The van der Waals surface area contributed by atoms with Crippen LogP contribution in [-0.2, 0) is 4.79 Å². The summed E-state index contributed by atoms with van der Waals surface area (Å²) >= 11 is 0. The largest absolute Gasteiger partial charge is 0.495 e. The van der Waals surface area contributed by atoms with Gasteiger partial charge in [-0.15, -0.1) is 0 Å². The summed E-state index contributed by atoms with van der Waals surface area (Å²) in [6, 6.07) is 9.89. The standard InChI is InChI=1S/C31H30FN9O3/c1-4-29(42)40-11-8-20(9-12-40)37-26-14-22-25(15-27(26)43-3)34-18-35-30(22)38-24-6-5-21(13-23(24)32)44-28-7-10-33-31(39-28)41-17-19(2)16-36-41/h4-7,10,13-18,20,37H,1,8-9,11-12H2,2-3H3,(H,34,35,38). The van der Waals surface area contributed by atoms with Crippen LogP contribution in [0.4, 0.5) is 21.6 Å². The normalized spacial score (nSPS) is 13.5. The number of amides is 1. The number of aryl methyl sites for hydroxylation is 1. The van der Waals surface area contributed by atoms with Crippen LogP contribution in [0.3, 0.4) is 0 Å². The van der Waals surface area contributed by atoms with Crippen molar-refractivity contribution in [2.75, 3.05) is 30.8 Å². The van der Waals surface area contributed by atoms with Crippen LogP contribution >= 0.6 is 0 Å². The third-order valence-corrected chi connectivity index (χ3v) is 7.25. The molecule has 0 unspecified atom stereocenters. The van der Waals surface area contributed by atoms with E-state index in [0.29, 0.717) is 41.5 Å². The number of piperidine rings is 1. The van der Waals surface area contributed by atoms with E-state index in [4.69, 9.17) is 9.47 Å². The Morgan fingerprint density at radius 2 is 1.95 bits per heavy atom. The lowest BCUT2D eigenvalue weighted by molar-refractivity contribution is -0.126. The molecule has 0 bridgehead atoms. The number of ether oxygens (including phenoxy) is 2. The van der Waals surface area contributed by atoms with E-state index in [1.165, 1.54) is 23.2 Å². The van der Waals surface area contributed by atoms with E-state index in [0.717, 1.165) is 24.1 Å². The first-order chi connectivity index (χ1) is 21.4. The number of nitrogens with one attached hydrogen (secondary N) is 2. The summed E-state index contributed by atoms with van der Waals surface area (Å²) in [7, 11) is 1.59. The third-order valence-electron chi connectivity index (χ3n) is 7.25. The predicted octanol–water partition coefficient (Wildman–Crippen LogP) is 5.19. The second-order valence-electron chi connectivity index (χ2n) is 10.3. The van der Waals surface area contributed by atoms with E-state index in [9.17, 15) is 4.79 Å². The molecule has 1 aliphatic heterocycles. The summed E-state index contributed by atoms with van der Waals surface area (Å²) in [5, 5.41) is 11.5. The molecule has 12 nitrogen and oxygen atoms in total. The van der Waals surface area contributed by atoms with Crippen LogP contribution in [0.1, 0.15) is 18.4 Å². The number of fused-ring (bicyclic) bond motifs is 1. The molecule has 13 heteroatoms. The van der Waals surface area contributed by atoms with Crippen molar-refractivity contribution < 1.29 is 18.7 Å². The number of hydrogen-bond acceptors (Lipinski definition) is 10. The first kappa shape index (κ1) is 28.5. The van der Waals surface area contributed by atoms with Gasteiger partial charge in [-0.3, -0.25) is 4.79 Å². The molecule has 1 saturated heterocycles. The van der Waals surface area contributed by atoms with Gasteiger partial charge >= 0.3 is 0 Å². The Morgan fingerprint density at radius 1 is 1.11 bits per heavy atom. The van der Waals surface area contributed by atoms with Crippen molar-refractivity contribution in [2.24, 2.45) is 0 Å². The van der Waals surface area contributed by atoms with Crippen molar-refractivity contribution in [1.82, 2.24) is 34.6 Å². The molecular formula is C31H30FN9O3. The Balaban J connectivity index is 1.20. The molecule has 2 N–H and O–H groups in total. The molecule has 0 aliphatic carbocycles. The van der Waals surface area contributed by atoms with Gasteiger partial charge in [-0.1, -0.05) is 6.58 Å². The van der Waals surface area contributed by atoms with Crippen molar-refractivity contribution in [3.8, 4) is 23.3 Å². The van der Waals surface area contributed by atoms with Crippen LogP contribution in [0.25, 0.3) is 16.9 Å². The number of halogens is 1. The number of carbonyl (C=O) groups excluding carboxylic acids is 1. The topological polar surface area (TPSA) is 132 Å². The number of methoxy groups -OCH3 is 1. The molecule has 0 saturated carbocycles. The minimum Gasteiger partial charge on any atom is -0.495 e. The van der Waals surface area contributed by atoms with E-state index in [-0.39, 0.29) is 29.3 Å². The number of likely N-dealkylation sites (tertiary alicyclic amines) is 1. The molecule has 224 valence electrons. The molecule has 2 aromatic carbocycles. The van der Waals surface area contributed by atoms with Crippen LogP contribution in [0.2, 0.25) is 0 Å². The molecule has 0 atom stereocenters. The first-order valence-corrected chi connectivity index (χ1v) is 14.0. The molecular weight excluding hydrogens is 565 g/mol. The van der Waals surface area contributed by atoms with Gasteiger partial charge < -0.3 is 25.0 Å². The Kier molecular flexibility index (Phi) is 8.00. The number of nitrogens with zero attached hydrogens (tertiary/aromatic N) is 7. The molecule has 1 amide bonds. The van der Waals surface area contributed by atoms with Crippen LogP contribution < -0.4 is 20.1 Å². The Morgan fingerprint density at radius 3 is 2.68 bits per heavy atom. The summed E-state index contributed by atoms with van der Waals surface area (Å²) in [4.78, 5) is 31.1. The average molecular weight is 596 g/mol. The van der Waals surface area contributed by atoms with E-state index in [1.807, 2.05) is 19.1 Å². The predicted molar refractivity (Wildman–Crippen MR) is 163 cm³/mol. The molecule has 1 aliphatic rings. The monoisotopic (exact) mass is 595 g/mol. The van der Waals surface area contributed by atoms with Crippen LogP contribution in [0, 0.1) is 12.7 Å². The number of benzene rings is 2. The lowest BCUT2D eigenvalue weighted by Crippen LogP contribution is -2.41. The fraction of sp³-hybridized carbons (Fsp3) is 0.226. The molecule has 4 heterocycles. The minimum atomic E-state index is -0.543. The lowest BCUT2D eigenvalue weighted by atomic mass is 10.0. The highest BCUT2D eigenvalue weighted by molar-refractivity contribution is 5.95. The summed E-state index contributed by atoms with van der Waals surface area (Å²) in [5.41, 5.74) is 2.55. The lowest BCUT2D eigenvalue weighted by Gasteiger charge is -2.32. The number of rotatable bonds is 9. The summed E-state index contributed by atoms with van der Waals surface area (Å²) in [6.07, 6.45) is 9.34. The van der Waals surface area contributed by atoms with Gasteiger partial charge in [-0.2, -0.15) is 10.1 Å². The van der Waals surface area contributed by atoms with Crippen LogP contribution in [0.15, 0.2) is 74.0 Å². The van der Waals surface area contributed by atoms with Gasteiger partial charge in [0.05, 0.1) is 30.2 Å². The maximum Gasteiger partial charge on any atom is 0.253 e. The van der Waals surface area contributed by atoms with E-state index in [2.05, 4.69) is 42.2 Å². The maximum atomic E-state index is 15.3. The van der Waals surface area contributed by atoms with Gasteiger partial charge in [0, 0.05) is 55.1 Å². The van der Waals surface area contributed by atoms with Gasteiger partial charge in [-0.25, -0.2) is 24.0 Å². The van der Waals surface area contributed by atoms with Crippen molar-refractivity contribution in [3.63, 3.8) is 0 Å². The van der Waals surface area contributed by atoms with Crippen molar-refractivity contribution in [1.29, 1.82) is 0 Å². The number of hydrogen-bond donors (Lipinski definition) is 2. The Bertz CT molecular complexity index is 1840. The molecule has 3 aromatic heterocycles. The molecule has 44 heavy (non-hydrogen) atoms. The highest BCUT2D eigenvalue weighted by atomic mass is 19.1. The molecule has 0 radical (unpaired) electrons. The van der Waals surface area contributed by atoms with Crippen molar-refractivity contribution >= 4 is 34.0 Å². The molecule has 5 aromatic rings. The zero-order valence-electron chi connectivity index (χ0n) is 24.2. The second kappa shape index (κ2) is 12.3. The quantitative estimate of drug-likeness (QED) is 0.220. The summed E-state index contributed by atoms with van der Waals surface area (Å²) < 4.78 is 28.3. The van der Waals surface area contributed by atoms with Gasteiger partial charge in [0.2, 0.25) is 11.8 Å². The Labute approximate surface area is 252 Å². The maximum absolute atomic E-state index is 15.3. The third kappa shape index (κ3) is 6.11. The SMILES string of the molecule is C=CC(=O)N1CCC(Nc2cc3c(Nc4ccc(Oc5ccnc(-n6cc(C)cn6)n5)cc4F)ncnc3cc2OC)CC1. The second-order valence-corrected chi connectivity index (χ2v) is 10.3. The van der Waals surface area contributed by atoms with E-state index < -0.39 is 5.82 Å². The molecule has 1 fully saturated rings. The zero-order chi connectivity index (χ0) is 30.6. The van der Waals surface area contributed by atoms with E-state index >= 15 is 4.39 Å². The Hall–Kier alpha value is -5.59. The van der Waals surface area contributed by atoms with Gasteiger partial charge in [0.1, 0.15) is 29.5 Å². The minimum absolute atomic E-state index is 0.0601. The first-order valence-electron chi connectivity index (χ1n) is 14.0. The number of anilines is 3. The van der Waals surface area contributed by atoms with Gasteiger partial charge in [0.25, 0.3) is 5.95 Å². The number of carbonyl (C=O) groups is 1. The van der Waals surface area contributed by atoms with Crippen LogP contribution in [0.5, 0.6) is 17.4 Å². The highest BCUT2D eigenvalue weighted by Crippen LogP contribution is 2.35. The highest BCUT2D eigenvalue weighted by Gasteiger charge is 2.23. The number of aromatic nitrogens is 6.